The average Bonchev–Trinajstić information content (AvgIpc) is 2.02. The maximum absolute atomic E-state index is 12.0. The smallest absolute Gasteiger partial charge is 0.448 e. The largest absolute Gasteiger partial charge is 1.00 e. The predicted molar refractivity (Wildman–Crippen MR) is 47.8 cm³/mol. The molecule has 0 aromatic carbocycles. The third-order valence-corrected chi connectivity index (χ3v) is 2.28. The molecule has 0 bridgehead atoms. The van der Waals surface area contributed by atoms with Crippen LogP contribution in [0.5, 0.6) is 0 Å². The van der Waals surface area contributed by atoms with E-state index in [1.165, 1.54) is 11.8 Å². The number of carbonyl (C=O) groups excluding carboxylic acids is 1. The predicted octanol–water partition coefficient (Wildman–Crippen LogP) is -2.46. The van der Waals surface area contributed by atoms with Gasteiger partial charge in [-0.3, -0.25) is 4.79 Å². The molecular weight excluding hydrogens is 235 g/mol. The van der Waals surface area contributed by atoms with Gasteiger partial charge in [-0.25, -0.2) is 0 Å². The summed E-state index contributed by atoms with van der Waals surface area (Å²) < 4.78 is 36.1. The fourth-order valence-corrected chi connectivity index (χ4v) is 1.54. The Morgan fingerprint density at radius 1 is 1.20 bits per heavy atom. The van der Waals surface area contributed by atoms with Gasteiger partial charge in [0.05, 0.1) is 0 Å². The summed E-state index contributed by atoms with van der Waals surface area (Å²) in [6, 6.07) is 0. The quantitative estimate of drug-likeness (QED) is 0.506. The van der Waals surface area contributed by atoms with Gasteiger partial charge in [0.25, 0.3) is 0 Å². The summed E-state index contributed by atoms with van der Waals surface area (Å²) in [7, 11) is 0. The van der Waals surface area contributed by atoms with Gasteiger partial charge in [0.2, 0.25) is 5.91 Å². The molecule has 1 rings (SSSR count). The molecule has 1 aliphatic rings. The van der Waals surface area contributed by atoms with Gasteiger partial charge in [0, 0.05) is 33.1 Å². The molecule has 1 fully saturated rings. The molecule has 0 saturated carbocycles. The number of halogens is 3. The topological polar surface area (TPSA) is 23.6 Å². The zero-order valence-corrected chi connectivity index (χ0v) is 12.2. The van der Waals surface area contributed by atoms with E-state index < -0.39 is 13.4 Å². The Kier molecular flexibility index (Phi) is 7.01. The van der Waals surface area contributed by atoms with Crippen molar-refractivity contribution in [3.05, 3.63) is 0 Å². The molecule has 0 radical (unpaired) electrons. The van der Waals surface area contributed by atoms with Crippen molar-refractivity contribution in [3.8, 4) is 0 Å². The minimum Gasteiger partial charge on any atom is -0.448 e. The van der Waals surface area contributed by atoms with Gasteiger partial charge in [-0.2, -0.15) is 0 Å². The molecule has 1 saturated heterocycles. The average molecular weight is 248 g/mol. The number of amides is 1. The summed E-state index contributed by atoms with van der Waals surface area (Å²) >= 11 is 0. The standard InChI is InChI=1S/C7H13BF3N2O.K/c1-7(14)13-4-2-12(3-5-13)6-8(9,10)11;/h2-6H2,1H3;/q-1;+1. The van der Waals surface area contributed by atoms with Gasteiger partial charge in [-0.05, 0) is 6.44 Å². The van der Waals surface area contributed by atoms with Crippen molar-refractivity contribution in [1.29, 1.82) is 0 Å². The molecule has 0 N–H and O–H groups in total. The molecule has 1 amide bonds. The Morgan fingerprint density at radius 3 is 2.00 bits per heavy atom. The molecule has 1 aliphatic heterocycles. The molecule has 82 valence electrons. The van der Waals surface area contributed by atoms with Crippen LogP contribution >= 0.6 is 0 Å². The Balaban J connectivity index is 0.00000196. The molecule has 0 spiro atoms. The van der Waals surface area contributed by atoms with Crippen LogP contribution in [0.2, 0.25) is 0 Å². The van der Waals surface area contributed by atoms with Crippen LogP contribution in [-0.4, -0.2) is 55.3 Å². The first kappa shape index (κ1) is 15.9. The maximum Gasteiger partial charge on any atom is 1.00 e. The summed E-state index contributed by atoms with van der Waals surface area (Å²) in [5.41, 5.74) is 0. The van der Waals surface area contributed by atoms with Crippen LogP contribution in [0.25, 0.3) is 0 Å². The first-order valence-electron chi connectivity index (χ1n) is 4.57. The van der Waals surface area contributed by atoms with Crippen molar-refractivity contribution >= 4 is 12.9 Å². The Hall–Kier alpha value is 0.921. The van der Waals surface area contributed by atoms with Crippen LogP contribution < -0.4 is 51.4 Å². The van der Waals surface area contributed by atoms with Crippen molar-refractivity contribution in [2.45, 2.75) is 6.92 Å². The van der Waals surface area contributed by atoms with Crippen molar-refractivity contribution < 1.29 is 69.1 Å². The number of hydrogen-bond acceptors (Lipinski definition) is 2. The second kappa shape index (κ2) is 6.61. The zero-order valence-electron chi connectivity index (χ0n) is 9.05. The number of rotatable bonds is 2. The van der Waals surface area contributed by atoms with Gasteiger partial charge < -0.3 is 22.7 Å². The Bertz CT molecular complexity index is 219. The van der Waals surface area contributed by atoms with E-state index in [0.29, 0.717) is 26.2 Å². The molecular formula is C7H13BF3KN2O. The molecule has 0 aromatic heterocycles. The van der Waals surface area contributed by atoms with E-state index in [4.69, 9.17) is 0 Å². The van der Waals surface area contributed by atoms with Crippen molar-refractivity contribution in [3.63, 3.8) is 0 Å². The first-order chi connectivity index (χ1) is 6.38. The van der Waals surface area contributed by atoms with Crippen LogP contribution in [0.3, 0.4) is 0 Å². The van der Waals surface area contributed by atoms with Crippen molar-refractivity contribution in [2.24, 2.45) is 0 Å². The van der Waals surface area contributed by atoms with Crippen LogP contribution in [0.1, 0.15) is 6.92 Å². The summed E-state index contributed by atoms with van der Waals surface area (Å²) in [4.78, 5) is 13.8. The molecule has 0 aliphatic carbocycles. The minimum absolute atomic E-state index is 0. The monoisotopic (exact) mass is 248 g/mol. The van der Waals surface area contributed by atoms with E-state index >= 15 is 0 Å². The van der Waals surface area contributed by atoms with Gasteiger partial charge >= 0.3 is 58.4 Å². The summed E-state index contributed by atoms with van der Waals surface area (Å²) in [5, 5.41) is 0. The molecule has 15 heavy (non-hydrogen) atoms. The Labute approximate surface area is 130 Å². The van der Waals surface area contributed by atoms with Crippen LogP contribution in [0, 0.1) is 0 Å². The summed E-state index contributed by atoms with van der Waals surface area (Å²) in [6.07, 6.45) is -0.814. The van der Waals surface area contributed by atoms with Gasteiger partial charge in [-0.1, -0.05) is 0 Å². The van der Waals surface area contributed by atoms with E-state index in [1.54, 1.807) is 4.90 Å². The molecule has 8 heteroatoms. The zero-order chi connectivity index (χ0) is 10.8. The Morgan fingerprint density at radius 2 is 1.67 bits per heavy atom. The number of carbonyl (C=O) groups is 1. The number of nitrogens with zero attached hydrogens (tertiary/aromatic N) is 2. The second-order valence-electron chi connectivity index (χ2n) is 3.52. The van der Waals surface area contributed by atoms with Crippen molar-refractivity contribution in [1.82, 2.24) is 9.80 Å². The maximum atomic E-state index is 12.0. The first-order valence-corrected chi connectivity index (χ1v) is 4.57. The van der Waals surface area contributed by atoms with Gasteiger partial charge in [-0.15, -0.1) is 0 Å². The minimum atomic E-state index is -4.74. The summed E-state index contributed by atoms with van der Waals surface area (Å²) in [6.45, 7) is -1.86. The van der Waals surface area contributed by atoms with Crippen LogP contribution in [-0.2, 0) is 4.79 Å². The number of piperazine rings is 1. The number of hydrogen-bond donors (Lipinski definition) is 0. The second-order valence-corrected chi connectivity index (χ2v) is 3.52. The van der Waals surface area contributed by atoms with Crippen LogP contribution in [0.4, 0.5) is 12.9 Å². The SMILES string of the molecule is CC(=O)N1CCN(C[B-](F)(F)F)CC1.[K+]. The van der Waals surface area contributed by atoms with E-state index in [2.05, 4.69) is 0 Å². The fourth-order valence-electron chi connectivity index (χ4n) is 1.54. The molecule has 1 heterocycles. The summed E-state index contributed by atoms with van der Waals surface area (Å²) in [5.74, 6) is -0.0674. The molecule has 0 unspecified atom stereocenters. The van der Waals surface area contributed by atoms with E-state index in [1.807, 2.05) is 0 Å². The molecule has 0 atom stereocenters. The molecule has 0 aromatic rings. The van der Waals surface area contributed by atoms with E-state index in [-0.39, 0.29) is 57.3 Å². The molecule has 3 nitrogen and oxygen atoms in total. The normalized spacial score (nSPS) is 18.5. The van der Waals surface area contributed by atoms with Crippen molar-refractivity contribution in [2.75, 3.05) is 32.6 Å². The third-order valence-electron chi connectivity index (χ3n) is 2.28. The van der Waals surface area contributed by atoms with Crippen LogP contribution in [0.15, 0.2) is 0 Å². The van der Waals surface area contributed by atoms with Gasteiger partial charge in [0.15, 0.2) is 0 Å². The van der Waals surface area contributed by atoms with Gasteiger partial charge in [0.1, 0.15) is 0 Å². The van der Waals surface area contributed by atoms with E-state index in [9.17, 15) is 17.7 Å². The van der Waals surface area contributed by atoms with E-state index in [0.717, 1.165) is 0 Å². The third kappa shape index (κ3) is 6.28. The fraction of sp³-hybridized carbons (Fsp3) is 0.857.